The van der Waals surface area contributed by atoms with Gasteiger partial charge >= 0.3 is 12.4 Å². The Bertz CT molecular complexity index is 1670. The van der Waals surface area contributed by atoms with Gasteiger partial charge in [0.05, 0.1) is 5.69 Å². The molecule has 12 heteroatoms. The second kappa shape index (κ2) is 14.0. The van der Waals surface area contributed by atoms with Crippen LogP contribution in [0.2, 0.25) is 0 Å². The SMILES string of the molecule is CC(C)c1ccccc1N1/C(=N/C(=O)NC(C)C(C)c2ccc(-c3ncn(-c4ccc(OC(F)(F)F)cc4)n3)cc2)SCCC1C. The van der Waals surface area contributed by atoms with E-state index in [2.05, 4.69) is 69.9 Å². The van der Waals surface area contributed by atoms with Crippen LogP contribution in [0.25, 0.3) is 17.1 Å². The van der Waals surface area contributed by atoms with Crippen LogP contribution in [0.1, 0.15) is 64.0 Å². The van der Waals surface area contributed by atoms with Crippen LogP contribution in [0.3, 0.4) is 0 Å². The Morgan fingerprint density at radius 3 is 2.39 bits per heavy atom. The van der Waals surface area contributed by atoms with Crippen molar-refractivity contribution in [2.45, 2.75) is 71.3 Å². The van der Waals surface area contributed by atoms with Crippen LogP contribution in [0.15, 0.2) is 84.1 Å². The Hall–Kier alpha value is -4.32. The van der Waals surface area contributed by atoms with Crippen LogP contribution < -0.4 is 15.0 Å². The predicted octanol–water partition coefficient (Wildman–Crippen LogP) is 8.55. The molecule has 46 heavy (non-hydrogen) atoms. The second-order valence-electron chi connectivity index (χ2n) is 11.7. The van der Waals surface area contributed by atoms with Gasteiger partial charge in [-0.3, -0.25) is 0 Å². The molecule has 0 aliphatic carbocycles. The summed E-state index contributed by atoms with van der Waals surface area (Å²) in [6, 6.07) is 21.1. The number of aromatic nitrogens is 3. The first kappa shape index (κ1) is 33.1. The van der Waals surface area contributed by atoms with E-state index in [0.29, 0.717) is 22.6 Å². The number of nitrogens with one attached hydrogen (secondary N) is 1. The molecule has 242 valence electrons. The summed E-state index contributed by atoms with van der Waals surface area (Å²) < 4.78 is 42.8. The largest absolute Gasteiger partial charge is 0.573 e. The molecule has 2 heterocycles. The lowest BCUT2D eigenvalue weighted by Crippen LogP contribution is -2.43. The van der Waals surface area contributed by atoms with Crippen LogP contribution in [-0.2, 0) is 0 Å². The van der Waals surface area contributed by atoms with E-state index in [4.69, 9.17) is 0 Å². The van der Waals surface area contributed by atoms with Crippen molar-refractivity contribution in [2.24, 2.45) is 4.99 Å². The molecule has 3 unspecified atom stereocenters. The molecule has 3 atom stereocenters. The molecule has 0 radical (unpaired) electrons. The van der Waals surface area contributed by atoms with E-state index in [0.717, 1.165) is 29.0 Å². The van der Waals surface area contributed by atoms with E-state index < -0.39 is 6.36 Å². The maximum absolute atomic E-state index is 13.2. The molecule has 8 nitrogen and oxygen atoms in total. The molecule has 4 aromatic rings. The van der Waals surface area contributed by atoms with Gasteiger partial charge in [0, 0.05) is 35.0 Å². The van der Waals surface area contributed by atoms with E-state index in [1.165, 1.54) is 40.8 Å². The molecule has 0 saturated carbocycles. The molecule has 1 aliphatic heterocycles. The van der Waals surface area contributed by atoms with Gasteiger partial charge in [-0.2, -0.15) is 4.99 Å². The van der Waals surface area contributed by atoms with Crippen molar-refractivity contribution in [2.75, 3.05) is 10.7 Å². The number of ether oxygens (including phenoxy) is 1. The Balaban J connectivity index is 1.24. The Labute approximate surface area is 271 Å². The number of alkyl halides is 3. The van der Waals surface area contributed by atoms with Gasteiger partial charge in [0.2, 0.25) is 0 Å². The van der Waals surface area contributed by atoms with E-state index in [1.54, 1.807) is 11.8 Å². The van der Waals surface area contributed by atoms with Crippen molar-refractivity contribution in [1.29, 1.82) is 0 Å². The number of thioether (sulfide) groups is 1. The minimum atomic E-state index is -4.75. The van der Waals surface area contributed by atoms with Crippen LogP contribution in [0, 0.1) is 0 Å². The average molecular weight is 651 g/mol. The zero-order valence-corrected chi connectivity index (χ0v) is 27.1. The van der Waals surface area contributed by atoms with Gasteiger partial charge < -0.3 is 15.0 Å². The van der Waals surface area contributed by atoms with Gasteiger partial charge in [0.25, 0.3) is 0 Å². The topological polar surface area (TPSA) is 84.6 Å². The summed E-state index contributed by atoms with van der Waals surface area (Å²) >= 11 is 1.61. The molecular formula is C34H37F3N6O2S. The Morgan fingerprint density at radius 1 is 1.02 bits per heavy atom. The standard InChI is InChI=1S/C34H37F3N6O2S/c1-21(2)29-8-6-7-9-30(29)43-22(3)18-19-46-33(43)40-32(44)39-24(5)23(4)25-10-12-26(13-11-25)31-38-20-42(41-31)27-14-16-28(17-15-27)45-34(35,36)37/h6-17,20-24H,18-19H2,1-5H3,(H,39,44)/b40-33-. The lowest BCUT2D eigenvalue weighted by molar-refractivity contribution is -0.274. The Morgan fingerprint density at radius 2 is 1.72 bits per heavy atom. The number of hydrogen-bond donors (Lipinski definition) is 1. The number of nitrogens with zero attached hydrogens (tertiary/aromatic N) is 5. The van der Waals surface area contributed by atoms with Crippen molar-refractivity contribution in [3.63, 3.8) is 0 Å². The first-order valence-corrected chi connectivity index (χ1v) is 16.2. The molecule has 1 aliphatic rings. The van der Waals surface area contributed by atoms with Gasteiger partial charge in [-0.25, -0.2) is 14.5 Å². The fourth-order valence-electron chi connectivity index (χ4n) is 5.31. The van der Waals surface area contributed by atoms with E-state index in [9.17, 15) is 18.0 Å². The zero-order valence-electron chi connectivity index (χ0n) is 26.3. The number of anilines is 1. The molecule has 5 rings (SSSR count). The predicted molar refractivity (Wildman–Crippen MR) is 177 cm³/mol. The van der Waals surface area contributed by atoms with E-state index in [1.807, 2.05) is 43.3 Å². The van der Waals surface area contributed by atoms with Gasteiger partial charge in [-0.05, 0) is 67.6 Å². The first-order valence-electron chi connectivity index (χ1n) is 15.2. The second-order valence-corrected chi connectivity index (χ2v) is 12.7. The number of carbonyl (C=O) groups excluding carboxylic acids is 1. The summed E-state index contributed by atoms with van der Waals surface area (Å²) in [6.07, 6.45) is -2.25. The van der Waals surface area contributed by atoms with Crippen molar-refractivity contribution in [3.05, 3.63) is 90.3 Å². The summed E-state index contributed by atoms with van der Waals surface area (Å²) in [7, 11) is 0. The number of aliphatic imine (C=N–C) groups is 1. The van der Waals surface area contributed by atoms with Crippen LogP contribution in [0.5, 0.6) is 5.75 Å². The van der Waals surface area contributed by atoms with Crippen LogP contribution in [0.4, 0.5) is 23.7 Å². The first-order chi connectivity index (χ1) is 21.9. The third-order valence-electron chi connectivity index (χ3n) is 8.05. The highest BCUT2D eigenvalue weighted by molar-refractivity contribution is 8.14. The molecule has 0 bridgehead atoms. The summed E-state index contributed by atoms with van der Waals surface area (Å²) in [5.41, 5.74) is 4.67. The molecule has 1 aromatic heterocycles. The molecule has 1 N–H and O–H groups in total. The summed E-state index contributed by atoms with van der Waals surface area (Å²) in [4.78, 5) is 24.3. The molecule has 1 saturated heterocycles. The van der Waals surface area contributed by atoms with Gasteiger partial charge in [-0.1, -0.05) is 75.0 Å². The molecule has 2 amide bonds. The smallest absolute Gasteiger partial charge is 0.406 e. The highest BCUT2D eigenvalue weighted by Gasteiger charge is 2.31. The number of amidine groups is 1. The number of carbonyl (C=O) groups is 1. The summed E-state index contributed by atoms with van der Waals surface area (Å²) in [6.45, 7) is 10.5. The maximum atomic E-state index is 13.2. The lowest BCUT2D eigenvalue weighted by atomic mass is 9.93. The fraction of sp³-hybridized carbons (Fsp3) is 0.353. The van der Waals surface area contributed by atoms with Crippen LogP contribution >= 0.6 is 11.8 Å². The maximum Gasteiger partial charge on any atom is 0.573 e. The zero-order chi connectivity index (χ0) is 33.0. The third-order valence-corrected chi connectivity index (χ3v) is 9.04. The minimum absolute atomic E-state index is 0.00292. The average Bonchev–Trinajstić information content (AvgIpc) is 3.51. The molecule has 3 aromatic carbocycles. The Kier molecular flexibility index (Phi) is 10.0. The van der Waals surface area contributed by atoms with Gasteiger partial charge in [0.1, 0.15) is 12.1 Å². The number of halogens is 3. The lowest BCUT2D eigenvalue weighted by Gasteiger charge is -2.37. The van der Waals surface area contributed by atoms with Gasteiger partial charge in [-0.15, -0.1) is 18.3 Å². The van der Waals surface area contributed by atoms with Crippen molar-refractivity contribution in [1.82, 2.24) is 20.1 Å². The highest BCUT2D eigenvalue weighted by Crippen LogP contribution is 2.35. The normalized spacial score (nSPS) is 17.6. The number of hydrogen-bond acceptors (Lipinski definition) is 5. The number of amides is 2. The number of para-hydroxylation sites is 1. The molecular weight excluding hydrogens is 613 g/mol. The number of rotatable bonds is 8. The molecule has 1 fully saturated rings. The third kappa shape index (κ3) is 7.90. The quantitative estimate of drug-likeness (QED) is 0.206. The van der Waals surface area contributed by atoms with E-state index in [-0.39, 0.29) is 29.8 Å². The monoisotopic (exact) mass is 650 g/mol. The highest BCUT2D eigenvalue weighted by atomic mass is 32.2. The summed E-state index contributed by atoms with van der Waals surface area (Å²) in [5.74, 6) is 1.40. The number of urea groups is 1. The van der Waals surface area contributed by atoms with Crippen LogP contribution in [-0.4, -0.2) is 50.2 Å². The summed E-state index contributed by atoms with van der Waals surface area (Å²) in [5, 5.41) is 8.25. The number of benzene rings is 3. The minimum Gasteiger partial charge on any atom is -0.406 e. The molecule has 0 spiro atoms. The van der Waals surface area contributed by atoms with Crippen molar-refractivity contribution >= 4 is 28.6 Å². The van der Waals surface area contributed by atoms with E-state index >= 15 is 0 Å². The van der Waals surface area contributed by atoms with Crippen molar-refractivity contribution < 1.29 is 22.7 Å². The van der Waals surface area contributed by atoms with Crippen molar-refractivity contribution in [3.8, 4) is 22.8 Å². The fourth-order valence-corrected chi connectivity index (χ4v) is 6.52. The van der Waals surface area contributed by atoms with Gasteiger partial charge in [0.15, 0.2) is 11.0 Å².